The molecule has 0 saturated carbocycles. The summed E-state index contributed by atoms with van der Waals surface area (Å²) in [7, 11) is 0. The van der Waals surface area contributed by atoms with E-state index < -0.39 is 11.9 Å². The number of benzene rings is 1. The maximum Gasteiger partial charge on any atom is 0.308 e. The second kappa shape index (κ2) is 5.59. The molecular weight excluding hydrogens is 272 g/mol. The lowest BCUT2D eigenvalue weighted by molar-refractivity contribution is -0.133. The van der Waals surface area contributed by atoms with Gasteiger partial charge in [-0.2, -0.15) is 5.26 Å². The lowest BCUT2D eigenvalue weighted by atomic mass is 10.0. The molecule has 1 aromatic carbocycles. The molecule has 0 atom stereocenters. The van der Waals surface area contributed by atoms with Crippen LogP contribution in [0, 0.1) is 18.3 Å². The molecule has 2 aromatic rings. The van der Waals surface area contributed by atoms with E-state index in [1.807, 2.05) is 6.07 Å². The highest BCUT2D eigenvalue weighted by molar-refractivity contribution is 5.99. The molecule has 0 saturated heterocycles. The summed E-state index contributed by atoms with van der Waals surface area (Å²) in [6.07, 6.45) is 1.44. The molecule has 1 aromatic heterocycles. The predicted molar refractivity (Wildman–Crippen MR) is 73.8 cm³/mol. The Hall–Kier alpha value is -2.94. The van der Waals surface area contributed by atoms with Gasteiger partial charge in [0, 0.05) is 25.4 Å². The number of nitrogens with zero attached hydrogens (tertiary/aromatic N) is 2. The summed E-state index contributed by atoms with van der Waals surface area (Å²) in [5, 5.41) is 10.0. The number of esters is 2. The second-order valence-electron chi connectivity index (χ2n) is 4.40. The van der Waals surface area contributed by atoms with Crippen molar-refractivity contribution in [2.45, 2.75) is 20.8 Å². The number of rotatable bonds is 2. The fraction of sp³-hybridized carbons (Fsp3) is 0.200. The molecule has 6 heteroatoms. The number of hydrogen-bond donors (Lipinski definition) is 0. The predicted octanol–water partition coefficient (Wildman–Crippen LogP) is 2.27. The van der Waals surface area contributed by atoms with E-state index in [4.69, 9.17) is 9.47 Å². The van der Waals surface area contributed by atoms with Crippen LogP contribution in [-0.2, 0) is 9.59 Å². The van der Waals surface area contributed by atoms with Crippen molar-refractivity contribution in [3.63, 3.8) is 0 Å². The lowest BCUT2D eigenvalue weighted by Crippen LogP contribution is -2.07. The molecule has 1 heterocycles. The van der Waals surface area contributed by atoms with E-state index in [0.29, 0.717) is 22.1 Å². The summed E-state index contributed by atoms with van der Waals surface area (Å²) in [5.41, 5.74) is 0.709. The average molecular weight is 284 g/mol. The highest BCUT2D eigenvalue weighted by Crippen LogP contribution is 2.37. The standard InChI is InChI=1S/C15H12N2O4/c1-8-6-13(20-9(2)18)14-11(15(8)21-10(3)19)4-5-17-12(14)7-16/h4-6H,1-3H3. The number of carbonyl (C=O) groups is 2. The van der Waals surface area contributed by atoms with Crippen molar-refractivity contribution in [3.8, 4) is 17.6 Å². The number of aromatic nitrogens is 1. The fourth-order valence-electron chi connectivity index (χ4n) is 2.05. The van der Waals surface area contributed by atoms with Crippen molar-refractivity contribution in [2.75, 3.05) is 0 Å². The van der Waals surface area contributed by atoms with E-state index >= 15 is 0 Å². The van der Waals surface area contributed by atoms with Crippen molar-refractivity contribution >= 4 is 22.7 Å². The van der Waals surface area contributed by atoms with Crippen LogP contribution in [0.15, 0.2) is 18.3 Å². The Morgan fingerprint density at radius 3 is 2.48 bits per heavy atom. The van der Waals surface area contributed by atoms with Crippen LogP contribution in [0.4, 0.5) is 0 Å². The lowest BCUT2D eigenvalue weighted by Gasteiger charge is -2.13. The van der Waals surface area contributed by atoms with Crippen molar-refractivity contribution in [1.82, 2.24) is 4.98 Å². The van der Waals surface area contributed by atoms with E-state index in [1.165, 1.54) is 20.0 Å². The zero-order valence-corrected chi connectivity index (χ0v) is 11.8. The highest BCUT2D eigenvalue weighted by atomic mass is 16.5. The monoisotopic (exact) mass is 284 g/mol. The van der Waals surface area contributed by atoms with Gasteiger partial charge in [-0.1, -0.05) is 0 Å². The van der Waals surface area contributed by atoms with Gasteiger partial charge in [0.15, 0.2) is 5.69 Å². The molecule has 6 nitrogen and oxygen atoms in total. The number of fused-ring (bicyclic) bond motifs is 1. The van der Waals surface area contributed by atoms with Gasteiger partial charge in [-0.3, -0.25) is 9.59 Å². The Morgan fingerprint density at radius 1 is 1.24 bits per heavy atom. The summed E-state index contributed by atoms with van der Waals surface area (Å²) in [5.74, 6) is -0.443. The first-order chi connectivity index (χ1) is 9.93. The molecule has 0 spiro atoms. The van der Waals surface area contributed by atoms with Crippen LogP contribution in [0.3, 0.4) is 0 Å². The Labute approximate surface area is 120 Å². The number of nitriles is 1. The molecular formula is C15H12N2O4. The molecule has 0 N–H and O–H groups in total. The van der Waals surface area contributed by atoms with Crippen LogP contribution >= 0.6 is 0 Å². The first-order valence-electron chi connectivity index (χ1n) is 6.13. The van der Waals surface area contributed by atoms with E-state index in [2.05, 4.69) is 4.98 Å². The van der Waals surface area contributed by atoms with Crippen LogP contribution in [0.25, 0.3) is 10.8 Å². The molecule has 0 fully saturated rings. The van der Waals surface area contributed by atoms with Gasteiger partial charge in [0.1, 0.15) is 17.6 Å². The van der Waals surface area contributed by atoms with E-state index in [9.17, 15) is 14.9 Å². The summed E-state index contributed by atoms with van der Waals surface area (Å²) in [6.45, 7) is 4.28. The number of carbonyl (C=O) groups excluding carboxylic acids is 2. The van der Waals surface area contributed by atoms with Crippen molar-refractivity contribution in [2.24, 2.45) is 0 Å². The van der Waals surface area contributed by atoms with Crippen LogP contribution in [0.2, 0.25) is 0 Å². The van der Waals surface area contributed by atoms with Gasteiger partial charge in [-0.25, -0.2) is 4.98 Å². The normalized spacial score (nSPS) is 10.0. The smallest absolute Gasteiger partial charge is 0.308 e. The summed E-state index contributed by atoms with van der Waals surface area (Å²) in [4.78, 5) is 26.4. The fourth-order valence-corrected chi connectivity index (χ4v) is 2.05. The van der Waals surface area contributed by atoms with Gasteiger partial charge in [0.25, 0.3) is 0 Å². The Morgan fingerprint density at radius 2 is 1.90 bits per heavy atom. The first-order valence-corrected chi connectivity index (χ1v) is 6.13. The number of ether oxygens (including phenoxy) is 2. The summed E-state index contributed by atoms with van der Waals surface area (Å²) >= 11 is 0. The van der Waals surface area contributed by atoms with Gasteiger partial charge in [0.05, 0.1) is 5.39 Å². The molecule has 106 valence electrons. The maximum atomic E-state index is 11.2. The van der Waals surface area contributed by atoms with Gasteiger partial charge >= 0.3 is 11.9 Å². The zero-order valence-electron chi connectivity index (χ0n) is 11.8. The summed E-state index contributed by atoms with van der Waals surface area (Å²) in [6, 6.07) is 5.09. The average Bonchev–Trinajstić information content (AvgIpc) is 2.41. The molecule has 2 rings (SSSR count). The largest absolute Gasteiger partial charge is 0.426 e. The highest BCUT2D eigenvalue weighted by Gasteiger charge is 2.18. The van der Waals surface area contributed by atoms with E-state index in [0.717, 1.165) is 0 Å². The third kappa shape index (κ3) is 2.82. The summed E-state index contributed by atoms with van der Waals surface area (Å²) < 4.78 is 10.3. The van der Waals surface area contributed by atoms with Crippen LogP contribution < -0.4 is 9.47 Å². The Kier molecular flexibility index (Phi) is 3.85. The zero-order chi connectivity index (χ0) is 15.6. The van der Waals surface area contributed by atoms with E-state index in [1.54, 1.807) is 19.1 Å². The number of pyridine rings is 1. The molecule has 0 unspecified atom stereocenters. The molecule has 0 bridgehead atoms. The minimum Gasteiger partial charge on any atom is -0.426 e. The number of aryl methyl sites for hydroxylation is 1. The second-order valence-corrected chi connectivity index (χ2v) is 4.40. The van der Waals surface area contributed by atoms with Crippen molar-refractivity contribution in [1.29, 1.82) is 5.26 Å². The Bertz CT molecular complexity index is 790. The van der Waals surface area contributed by atoms with Crippen LogP contribution in [0.1, 0.15) is 25.1 Å². The van der Waals surface area contributed by atoms with E-state index in [-0.39, 0.29) is 11.4 Å². The minimum absolute atomic E-state index is 0.0946. The van der Waals surface area contributed by atoms with Crippen LogP contribution in [-0.4, -0.2) is 16.9 Å². The quantitative estimate of drug-likeness (QED) is 0.620. The first kappa shape index (κ1) is 14.5. The van der Waals surface area contributed by atoms with Crippen molar-refractivity contribution in [3.05, 3.63) is 29.6 Å². The van der Waals surface area contributed by atoms with Crippen LogP contribution in [0.5, 0.6) is 11.5 Å². The third-order valence-corrected chi connectivity index (χ3v) is 2.75. The van der Waals surface area contributed by atoms with Gasteiger partial charge in [-0.15, -0.1) is 0 Å². The third-order valence-electron chi connectivity index (χ3n) is 2.75. The maximum absolute atomic E-state index is 11.2. The van der Waals surface area contributed by atoms with Gasteiger partial charge < -0.3 is 9.47 Å². The molecule has 0 aliphatic carbocycles. The molecule has 21 heavy (non-hydrogen) atoms. The minimum atomic E-state index is -0.510. The molecule has 0 amide bonds. The Balaban J connectivity index is 2.85. The van der Waals surface area contributed by atoms with Gasteiger partial charge in [-0.05, 0) is 24.6 Å². The van der Waals surface area contributed by atoms with Gasteiger partial charge in [0.2, 0.25) is 0 Å². The molecule has 0 aliphatic heterocycles. The number of hydrogen-bond acceptors (Lipinski definition) is 6. The molecule has 0 aliphatic rings. The SMILES string of the molecule is CC(=O)Oc1c(C)cc(OC(C)=O)c2c(C#N)nccc12. The van der Waals surface area contributed by atoms with Crippen molar-refractivity contribution < 1.29 is 19.1 Å². The topological polar surface area (TPSA) is 89.3 Å². The molecule has 0 radical (unpaired) electrons.